The van der Waals surface area contributed by atoms with Crippen molar-refractivity contribution in [2.45, 2.75) is 25.9 Å². The fourth-order valence-corrected chi connectivity index (χ4v) is 1.45. The summed E-state index contributed by atoms with van der Waals surface area (Å²) in [5, 5.41) is 9.19. The van der Waals surface area contributed by atoms with Gasteiger partial charge in [0.15, 0.2) is 0 Å². The van der Waals surface area contributed by atoms with Crippen LogP contribution in [0.4, 0.5) is 0 Å². The van der Waals surface area contributed by atoms with Gasteiger partial charge in [-0.25, -0.2) is 0 Å². The van der Waals surface area contributed by atoms with E-state index >= 15 is 0 Å². The molecular weight excluding hydrogens is 114 g/mol. The third kappa shape index (κ3) is 1.95. The zero-order valence-corrected chi connectivity index (χ0v) is 6.06. The lowest BCUT2D eigenvalue weighted by molar-refractivity contribution is -0.906. The summed E-state index contributed by atoms with van der Waals surface area (Å²) >= 11 is 0. The van der Waals surface area contributed by atoms with Crippen LogP contribution in [0, 0.1) is 0 Å². The molecule has 0 radical (unpaired) electrons. The Labute approximate surface area is 56.5 Å². The first kappa shape index (κ1) is 7.03. The molecule has 1 rings (SSSR count). The monoisotopic (exact) mass is 130 g/mol. The van der Waals surface area contributed by atoms with Crippen LogP contribution in [0.1, 0.15) is 19.8 Å². The number of nitrogens with one attached hydrogen (secondary N) is 1. The number of hydrogen-bond acceptors (Lipinski definition) is 1. The predicted molar refractivity (Wildman–Crippen MR) is 36.5 cm³/mol. The average molecular weight is 130 g/mol. The number of likely N-dealkylation sites (tertiary alicyclic amines) is 1. The molecule has 0 spiro atoms. The molecule has 2 N–H and O–H groups in total. The molecule has 1 aliphatic heterocycles. The van der Waals surface area contributed by atoms with Gasteiger partial charge in [0.1, 0.15) is 12.6 Å². The Bertz CT molecular complexity index is 85.0. The molecule has 9 heavy (non-hydrogen) atoms. The van der Waals surface area contributed by atoms with E-state index in [9.17, 15) is 5.11 Å². The number of hydrogen-bond donors (Lipinski definition) is 2. The summed E-state index contributed by atoms with van der Waals surface area (Å²) in [6, 6.07) is 0. The normalized spacial score (nSPS) is 36.7. The second-order valence-corrected chi connectivity index (χ2v) is 2.85. The Hall–Kier alpha value is -0.0800. The molecule has 1 unspecified atom stereocenters. The van der Waals surface area contributed by atoms with Gasteiger partial charge in [0.25, 0.3) is 0 Å². The minimum Gasteiger partial charge on any atom is -0.387 e. The van der Waals surface area contributed by atoms with E-state index in [1.807, 2.05) is 0 Å². The van der Waals surface area contributed by atoms with Gasteiger partial charge in [-0.2, -0.15) is 0 Å². The first-order valence-electron chi connectivity index (χ1n) is 3.84. The van der Waals surface area contributed by atoms with Gasteiger partial charge in [0.2, 0.25) is 0 Å². The summed E-state index contributed by atoms with van der Waals surface area (Å²) in [6.07, 6.45) is 2.20. The van der Waals surface area contributed by atoms with E-state index in [0.717, 1.165) is 19.5 Å². The lowest BCUT2D eigenvalue weighted by atomic mass is 10.1. The van der Waals surface area contributed by atoms with Crippen LogP contribution >= 0.6 is 0 Å². The summed E-state index contributed by atoms with van der Waals surface area (Å²) < 4.78 is 0. The smallest absolute Gasteiger partial charge is 0.103 e. The van der Waals surface area contributed by atoms with Gasteiger partial charge in [-0.05, 0) is 19.8 Å². The number of aliphatic hydroxyl groups excluding tert-OH is 1. The molecule has 0 aromatic rings. The molecule has 2 atom stereocenters. The highest BCUT2D eigenvalue weighted by atomic mass is 16.3. The minimum absolute atomic E-state index is 0.0197. The van der Waals surface area contributed by atoms with Gasteiger partial charge in [0.05, 0.1) is 13.1 Å². The summed E-state index contributed by atoms with van der Waals surface area (Å²) in [4.78, 5) is 1.55. The van der Waals surface area contributed by atoms with Gasteiger partial charge >= 0.3 is 0 Å². The largest absolute Gasteiger partial charge is 0.387 e. The van der Waals surface area contributed by atoms with Crippen molar-refractivity contribution in [3.8, 4) is 0 Å². The van der Waals surface area contributed by atoms with Crippen LogP contribution in [-0.4, -0.2) is 30.8 Å². The lowest BCUT2D eigenvalue weighted by Crippen LogP contribution is -3.13. The maximum Gasteiger partial charge on any atom is 0.103 e. The summed E-state index contributed by atoms with van der Waals surface area (Å²) in [7, 11) is 0. The minimum atomic E-state index is -0.0197. The van der Waals surface area contributed by atoms with Gasteiger partial charge in [-0.15, -0.1) is 0 Å². The van der Waals surface area contributed by atoms with Crippen LogP contribution in [0.15, 0.2) is 0 Å². The Morgan fingerprint density at radius 3 is 2.89 bits per heavy atom. The molecular formula is C7H16NO+. The standard InChI is InChI=1S/C7H15NO/c1-2-8-5-3-4-7(9)6-8/h7,9H,2-6H2,1H3/p+1/t7-/m1/s1. The van der Waals surface area contributed by atoms with E-state index in [-0.39, 0.29) is 6.10 Å². The quantitative estimate of drug-likeness (QED) is 0.470. The van der Waals surface area contributed by atoms with Crippen LogP contribution in [0.25, 0.3) is 0 Å². The van der Waals surface area contributed by atoms with Crippen molar-refractivity contribution in [1.29, 1.82) is 0 Å². The second kappa shape index (κ2) is 3.18. The Balaban J connectivity index is 2.23. The predicted octanol–water partition coefficient (Wildman–Crippen LogP) is -0.954. The van der Waals surface area contributed by atoms with E-state index in [4.69, 9.17) is 0 Å². The van der Waals surface area contributed by atoms with E-state index in [0.29, 0.717) is 0 Å². The molecule has 0 aromatic carbocycles. The number of rotatable bonds is 1. The average Bonchev–Trinajstić information content (AvgIpc) is 1.88. The van der Waals surface area contributed by atoms with Crippen LogP contribution in [0.3, 0.4) is 0 Å². The van der Waals surface area contributed by atoms with Crippen molar-refractivity contribution in [2.75, 3.05) is 19.6 Å². The fraction of sp³-hybridized carbons (Fsp3) is 1.00. The third-order valence-corrected chi connectivity index (χ3v) is 2.09. The molecule has 0 aliphatic carbocycles. The van der Waals surface area contributed by atoms with Gasteiger partial charge in [0, 0.05) is 0 Å². The van der Waals surface area contributed by atoms with E-state index in [2.05, 4.69) is 6.92 Å². The van der Waals surface area contributed by atoms with Crippen molar-refractivity contribution < 1.29 is 10.0 Å². The topological polar surface area (TPSA) is 24.7 Å². The molecule has 0 saturated carbocycles. The molecule has 54 valence electrons. The molecule has 1 fully saturated rings. The zero-order valence-electron chi connectivity index (χ0n) is 6.06. The van der Waals surface area contributed by atoms with Crippen molar-refractivity contribution in [2.24, 2.45) is 0 Å². The van der Waals surface area contributed by atoms with Crippen LogP contribution in [0.2, 0.25) is 0 Å². The number of likely N-dealkylation sites (N-methyl/N-ethyl adjacent to an activating group) is 1. The highest BCUT2D eigenvalue weighted by Gasteiger charge is 2.18. The molecule has 0 bridgehead atoms. The molecule has 1 saturated heterocycles. The van der Waals surface area contributed by atoms with Crippen molar-refractivity contribution in [1.82, 2.24) is 0 Å². The van der Waals surface area contributed by atoms with Gasteiger partial charge in [-0.3, -0.25) is 0 Å². The fourth-order valence-electron chi connectivity index (χ4n) is 1.45. The summed E-state index contributed by atoms with van der Waals surface area (Å²) in [5.74, 6) is 0. The highest BCUT2D eigenvalue weighted by Crippen LogP contribution is 1.95. The van der Waals surface area contributed by atoms with Crippen LogP contribution < -0.4 is 4.90 Å². The maximum absolute atomic E-state index is 9.19. The SMILES string of the molecule is CC[NH+]1CCC[C@@H](O)C1. The molecule has 2 nitrogen and oxygen atoms in total. The number of aliphatic hydroxyl groups is 1. The molecule has 0 amide bonds. The number of quaternary nitrogens is 1. The van der Waals surface area contributed by atoms with Crippen molar-refractivity contribution >= 4 is 0 Å². The zero-order chi connectivity index (χ0) is 6.69. The molecule has 0 aromatic heterocycles. The lowest BCUT2D eigenvalue weighted by Gasteiger charge is -2.25. The first-order valence-corrected chi connectivity index (χ1v) is 3.84. The third-order valence-electron chi connectivity index (χ3n) is 2.09. The Morgan fingerprint density at radius 1 is 1.67 bits per heavy atom. The number of piperidine rings is 1. The van der Waals surface area contributed by atoms with Crippen molar-refractivity contribution in [3.63, 3.8) is 0 Å². The maximum atomic E-state index is 9.19. The Morgan fingerprint density at radius 2 is 2.44 bits per heavy atom. The first-order chi connectivity index (χ1) is 4.33. The van der Waals surface area contributed by atoms with Crippen LogP contribution in [-0.2, 0) is 0 Å². The van der Waals surface area contributed by atoms with E-state index in [1.165, 1.54) is 13.0 Å². The second-order valence-electron chi connectivity index (χ2n) is 2.85. The summed E-state index contributed by atoms with van der Waals surface area (Å²) in [5.41, 5.74) is 0. The highest BCUT2D eigenvalue weighted by molar-refractivity contribution is 4.56. The van der Waals surface area contributed by atoms with Crippen molar-refractivity contribution in [3.05, 3.63) is 0 Å². The molecule has 1 aliphatic rings. The van der Waals surface area contributed by atoms with Gasteiger partial charge < -0.3 is 10.0 Å². The molecule has 1 heterocycles. The summed E-state index contributed by atoms with van der Waals surface area (Å²) in [6.45, 7) is 5.56. The van der Waals surface area contributed by atoms with Gasteiger partial charge in [-0.1, -0.05) is 0 Å². The van der Waals surface area contributed by atoms with Crippen LogP contribution in [0.5, 0.6) is 0 Å². The Kier molecular flexibility index (Phi) is 2.49. The van der Waals surface area contributed by atoms with E-state index < -0.39 is 0 Å². The van der Waals surface area contributed by atoms with E-state index in [1.54, 1.807) is 4.90 Å². The molecule has 2 heteroatoms.